The van der Waals surface area contributed by atoms with Gasteiger partial charge in [-0.3, -0.25) is 14.4 Å². The first kappa shape index (κ1) is 19.2. The first-order valence-corrected chi connectivity index (χ1v) is 9.40. The van der Waals surface area contributed by atoms with Crippen molar-refractivity contribution >= 4 is 39.9 Å². The molecule has 0 saturated carbocycles. The molecule has 0 aliphatic heterocycles. The number of benzene rings is 2. The monoisotopic (exact) mass is 394 g/mol. The van der Waals surface area contributed by atoms with Gasteiger partial charge in [0.15, 0.2) is 5.13 Å². The van der Waals surface area contributed by atoms with Gasteiger partial charge in [0.25, 0.3) is 5.91 Å². The fraction of sp³-hybridized carbons (Fsp3) is 0.100. The van der Waals surface area contributed by atoms with Crippen molar-refractivity contribution in [1.29, 1.82) is 0 Å². The summed E-state index contributed by atoms with van der Waals surface area (Å²) in [7, 11) is 0. The second-order valence-electron chi connectivity index (χ2n) is 5.97. The van der Waals surface area contributed by atoms with E-state index < -0.39 is 11.8 Å². The molecule has 7 nitrogen and oxygen atoms in total. The molecule has 2 aromatic carbocycles. The number of amides is 3. The van der Waals surface area contributed by atoms with Crippen molar-refractivity contribution < 1.29 is 14.4 Å². The highest BCUT2D eigenvalue weighted by molar-refractivity contribution is 7.14. The average molecular weight is 394 g/mol. The van der Waals surface area contributed by atoms with Crippen LogP contribution in [0, 0.1) is 0 Å². The number of thiazole rings is 1. The lowest BCUT2D eigenvalue weighted by molar-refractivity contribution is -0.116. The maximum atomic E-state index is 12.3. The van der Waals surface area contributed by atoms with Crippen LogP contribution in [-0.4, -0.2) is 22.7 Å². The van der Waals surface area contributed by atoms with Gasteiger partial charge in [0.1, 0.15) is 5.69 Å². The van der Waals surface area contributed by atoms with Crippen molar-refractivity contribution in [2.24, 2.45) is 5.73 Å². The molecule has 8 heteroatoms. The van der Waals surface area contributed by atoms with E-state index >= 15 is 0 Å². The van der Waals surface area contributed by atoms with E-state index in [0.717, 1.165) is 5.56 Å². The second kappa shape index (κ2) is 8.92. The average Bonchev–Trinajstić information content (AvgIpc) is 3.16. The van der Waals surface area contributed by atoms with Crippen LogP contribution in [0.15, 0.2) is 60.0 Å². The van der Waals surface area contributed by atoms with E-state index in [1.165, 1.54) is 23.5 Å². The van der Waals surface area contributed by atoms with Gasteiger partial charge < -0.3 is 16.4 Å². The van der Waals surface area contributed by atoms with Crippen LogP contribution in [-0.2, 0) is 11.2 Å². The molecule has 0 aliphatic carbocycles. The Bertz CT molecular complexity index is 984. The molecule has 3 rings (SSSR count). The number of carbonyl (C=O) groups excluding carboxylic acids is 3. The minimum absolute atomic E-state index is 0.160. The summed E-state index contributed by atoms with van der Waals surface area (Å²) in [4.78, 5) is 39.5. The summed E-state index contributed by atoms with van der Waals surface area (Å²) in [5, 5.41) is 7.32. The van der Waals surface area contributed by atoms with Gasteiger partial charge in [0.05, 0.1) is 0 Å². The number of nitrogens with zero attached hydrogens (tertiary/aromatic N) is 1. The molecule has 142 valence electrons. The highest BCUT2D eigenvalue weighted by Crippen LogP contribution is 2.18. The lowest BCUT2D eigenvalue weighted by Crippen LogP contribution is -2.15. The molecule has 0 fully saturated rings. The molecule has 0 bridgehead atoms. The fourth-order valence-corrected chi connectivity index (χ4v) is 3.14. The Hall–Kier alpha value is -3.52. The molecular formula is C20H18N4O3S. The van der Waals surface area contributed by atoms with Crippen molar-refractivity contribution in [2.75, 3.05) is 10.6 Å². The Kier molecular flexibility index (Phi) is 6.13. The number of aromatic nitrogens is 1. The Morgan fingerprint density at radius 1 is 0.964 bits per heavy atom. The SMILES string of the molecule is NC(=O)c1ccc(NC(=O)c2csc(NC(=O)CCc3ccccc3)n2)cc1. The number of hydrogen-bond acceptors (Lipinski definition) is 5. The van der Waals surface area contributed by atoms with E-state index in [1.807, 2.05) is 30.3 Å². The number of rotatable bonds is 7. The summed E-state index contributed by atoms with van der Waals surface area (Å²) in [6, 6.07) is 15.9. The third-order valence-corrected chi connectivity index (χ3v) is 4.65. The van der Waals surface area contributed by atoms with Gasteiger partial charge in [-0.2, -0.15) is 0 Å². The van der Waals surface area contributed by atoms with E-state index in [-0.39, 0.29) is 11.6 Å². The van der Waals surface area contributed by atoms with Gasteiger partial charge in [-0.25, -0.2) is 4.98 Å². The van der Waals surface area contributed by atoms with Gasteiger partial charge in [-0.05, 0) is 36.2 Å². The molecule has 1 heterocycles. The summed E-state index contributed by atoms with van der Waals surface area (Å²) >= 11 is 1.18. The Morgan fingerprint density at radius 2 is 1.68 bits per heavy atom. The molecular weight excluding hydrogens is 376 g/mol. The largest absolute Gasteiger partial charge is 0.366 e. The minimum atomic E-state index is -0.537. The van der Waals surface area contributed by atoms with E-state index in [1.54, 1.807) is 17.5 Å². The van der Waals surface area contributed by atoms with Gasteiger partial charge in [0.2, 0.25) is 11.8 Å². The molecule has 0 aliphatic rings. The number of aryl methyl sites for hydroxylation is 1. The van der Waals surface area contributed by atoms with Gasteiger partial charge >= 0.3 is 0 Å². The molecule has 1 aromatic heterocycles. The van der Waals surface area contributed by atoms with Crippen LogP contribution in [0.4, 0.5) is 10.8 Å². The van der Waals surface area contributed by atoms with Crippen LogP contribution < -0.4 is 16.4 Å². The summed E-state index contributed by atoms with van der Waals surface area (Å²) in [6.45, 7) is 0. The summed E-state index contributed by atoms with van der Waals surface area (Å²) in [5.74, 6) is -1.11. The summed E-state index contributed by atoms with van der Waals surface area (Å²) in [6.07, 6.45) is 0.962. The van der Waals surface area contributed by atoms with Crippen LogP contribution in [0.1, 0.15) is 32.8 Å². The maximum absolute atomic E-state index is 12.3. The van der Waals surface area contributed by atoms with Gasteiger partial charge in [-0.15, -0.1) is 11.3 Å². The van der Waals surface area contributed by atoms with Gasteiger partial charge in [0, 0.05) is 23.1 Å². The Labute approximate surface area is 165 Å². The summed E-state index contributed by atoms with van der Waals surface area (Å²) < 4.78 is 0. The number of nitrogens with one attached hydrogen (secondary N) is 2. The quantitative estimate of drug-likeness (QED) is 0.571. The van der Waals surface area contributed by atoms with E-state index in [9.17, 15) is 14.4 Å². The molecule has 28 heavy (non-hydrogen) atoms. The smallest absolute Gasteiger partial charge is 0.275 e. The number of anilines is 2. The van der Waals surface area contributed by atoms with Crippen LogP contribution in [0.2, 0.25) is 0 Å². The van der Waals surface area contributed by atoms with Crippen molar-refractivity contribution in [3.8, 4) is 0 Å². The van der Waals surface area contributed by atoms with Crippen molar-refractivity contribution in [3.05, 3.63) is 76.8 Å². The third kappa shape index (κ3) is 5.24. The lowest BCUT2D eigenvalue weighted by atomic mass is 10.1. The number of carbonyl (C=O) groups is 3. The first-order valence-electron chi connectivity index (χ1n) is 8.52. The normalized spacial score (nSPS) is 10.3. The lowest BCUT2D eigenvalue weighted by Gasteiger charge is -2.04. The minimum Gasteiger partial charge on any atom is -0.366 e. The molecule has 0 radical (unpaired) electrons. The molecule has 3 amide bonds. The highest BCUT2D eigenvalue weighted by atomic mass is 32.1. The molecule has 0 spiro atoms. The number of hydrogen-bond donors (Lipinski definition) is 3. The van der Waals surface area contributed by atoms with Crippen molar-refractivity contribution in [2.45, 2.75) is 12.8 Å². The van der Waals surface area contributed by atoms with E-state index in [2.05, 4.69) is 15.6 Å². The predicted molar refractivity (Wildman–Crippen MR) is 108 cm³/mol. The number of nitrogens with two attached hydrogens (primary N) is 1. The summed E-state index contributed by atoms with van der Waals surface area (Å²) in [5.41, 5.74) is 7.33. The second-order valence-corrected chi connectivity index (χ2v) is 6.83. The molecule has 3 aromatic rings. The third-order valence-electron chi connectivity index (χ3n) is 3.89. The zero-order chi connectivity index (χ0) is 19.9. The van der Waals surface area contributed by atoms with E-state index in [4.69, 9.17) is 5.73 Å². The molecule has 0 saturated heterocycles. The van der Waals surface area contributed by atoms with Crippen molar-refractivity contribution in [3.63, 3.8) is 0 Å². The molecule has 4 N–H and O–H groups in total. The van der Waals surface area contributed by atoms with Gasteiger partial charge in [-0.1, -0.05) is 30.3 Å². The maximum Gasteiger partial charge on any atom is 0.275 e. The predicted octanol–water partition coefficient (Wildman–Crippen LogP) is 3.07. The zero-order valence-corrected chi connectivity index (χ0v) is 15.7. The van der Waals surface area contributed by atoms with E-state index in [0.29, 0.717) is 29.2 Å². The standard InChI is InChI=1S/C20H18N4O3S/c21-18(26)14-7-9-15(10-8-14)22-19(27)16-12-28-20(23-16)24-17(25)11-6-13-4-2-1-3-5-13/h1-5,7-10,12H,6,11H2,(H2,21,26)(H,22,27)(H,23,24,25). The molecule has 0 atom stereocenters. The van der Waals surface area contributed by atoms with Crippen LogP contribution in [0.25, 0.3) is 0 Å². The number of primary amides is 1. The topological polar surface area (TPSA) is 114 Å². The van der Waals surface area contributed by atoms with Crippen molar-refractivity contribution in [1.82, 2.24) is 4.98 Å². The molecule has 0 unspecified atom stereocenters. The Morgan fingerprint density at radius 3 is 2.36 bits per heavy atom. The zero-order valence-electron chi connectivity index (χ0n) is 14.8. The Balaban J connectivity index is 1.53. The highest BCUT2D eigenvalue weighted by Gasteiger charge is 2.13. The first-order chi connectivity index (χ1) is 13.5. The van der Waals surface area contributed by atoms with Crippen LogP contribution in [0.3, 0.4) is 0 Å². The van der Waals surface area contributed by atoms with Crippen LogP contribution in [0.5, 0.6) is 0 Å². The fourth-order valence-electron chi connectivity index (χ4n) is 2.43. The van der Waals surface area contributed by atoms with Crippen LogP contribution >= 0.6 is 11.3 Å².